The fourth-order valence-corrected chi connectivity index (χ4v) is 2.34. The predicted octanol–water partition coefficient (Wildman–Crippen LogP) is 4.40. The number of nitrogens with one attached hydrogen (secondary N) is 2. The van der Waals surface area contributed by atoms with Gasteiger partial charge in [-0.05, 0) is 62.2 Å². The summed E-state index contributed by atoms with van der Waals surface area (Å²) in [5.74, 6) is -0.574. The number of amides is 1. The molecule has 0 aliphatic carbocycles. The second-order valence-electron chi connectivity index (χ2n) is 4.01. The number of rotatable bonds is 4. The van der Waals surface area contributed by atoms with Crippen LogP contribution in [0.15, 0.2) is 51.4 Å². The highest BCUT2D eigenvalue weighted by Gasteiger charge is 2.07. The van der Waals surface area contributed by atoms with Gasteiger partial charge < -0.3 is 10.6 Å². The van der Waals surface area contributed by atoms with Crippen LogP contribution >= 0.6 is 31.9 Å². The Hall–Kier alpha value is -1.40. The molecule has 0 spiro atoms. The van der Waals surface area contributed by atoms with Crippen LogP contribution in [-0.2, 0) is 4.79 Å². The lowest BCUT2D eigenvalue weighted by molar-refractivity contribution is -0.114. The van der Waals surface area contributed by atoms with Crippen LogP contribution in [0.5, 0.6) is 0 Å². The van der Waals surface area contributed by atoms with Crippen LogP contribution in [0.3, 0.4) is 0 Å². The molecule has 20 heavy (non-hydrogen) atoms. The summed E-state index contributed by atoms with van der Waals surface area (Å²) in [6.45, 7) is 0.0450. The SMILES string of the molecule is O=C(CNc1cc(F)ccc1Br)Nc1ccccc1Br. The lowest BCUT2D eigenvalue weighted by Gasteiger charge is -2.10. The van der Waals surface area contributed by atoms with Crippen LogP contribution < -0.4 is 10.6 Å². The van der Waals surface area contributed by atoms with Crippen LogP contribution in [0.2, 0.25) is 0 Å². The monoisotopic (exact) mass is 400 g/mol. The van der Waals surface area contributed by atoms with E-state index in [2.05, 4.69) is 42.5 Å². The highest BCUT2D eigenvalue weighted by molar-refractivity contribution is 9.11. The van der Waals surface area contributed by atoms with Gasteiger partial charge in [-0.1, -0.05) is 12.1 Å². The Morgan fingerprint density at radius 1 is 1.05 bits per heavy atom. The first kappa shape index (κ1) is 15.0. The third-order valence-electron chi connectivity index (χ3n) is 2.52. The van der Waals surface area contributed by atoms with Gasteiger partial charge in [-0.25, -0.2) is 4.39 Å². The zero-order valence-electron chi connectivity index (χ0n) is 10.3. The number of carbonyl (C=O) groups is 1. The Morgan fingerprint density at radius 2 is 1.75 bits per heavy atom. The molecule has 0 atom stereocenters. The molecule has 104 valence electrons. The van der Waals surface area contributed by atoms with Crippen molar-refractivity contribution in [2.24, 2.45) is 0 Å². The lowest BCUT2D eigenvalue weighted by Crippen LogP contribution is -2.22. The summed E-state index contributed by atoms with van der Waals surface area (Å²) in [6, 6.07) is 11.6. The van der Waals surface area contributed by atoms with E-state index >= 15 is 0 Å². The van der Waals surface area contributed by atoms with Crippen LogP contribution in [0.25, 0.3) is 0 Å². The number of hydrogen-bond acceptors (Lipinski definition) is 2. The molecule has 6 heteroatoms. The Balaban J connectivity index is 1.96. The first-order valence-electron chi connectivity index (χ1n) is 5.79. The van der Waals surface area contributed by atoms with Crippen molar-refractivity contribution in [2.75, 3.05) is 17.2 Å². The van der Waals surface area contributed by atoms with Gasteiger partial charge in [0.1, 0.15) is 5.82 Å². The minimum atomic E-state index is -0.359. The highest BCUT2D eigenvalue weighted by Crippen LogP contribution is 2.23. The Labute approximate surface area is 132 Å². The molecule has 0 saturated heterocycles. The van der Waals surface area contributed by atoms with Gasteiger partial charge in [0.05, 0.1) is 17.9 Å². The number of hydrogen-bond donors (Lipinski definition) is 2. The van der Waals surface area contributed by atoms with Gasteiger partial charge in [-0.15, -0.1) is 0 Å². The standard InChI is InChI=1S/C14H11Br2FN2O/c15-10-3-1-2-4-12(10)19-14(20)8-18-13-7-9(17)5-6-11(13)16/h1-7,18H,8H2,(H,19,20). The first-order valence-corrected chi connectivity index (χ1v) is 7.38. The molecule has 0 radical (unpaired) electrons. The van der Waals surface area contributed by atoms with Gasteiger partial charge >= 0.3 is 0 Å². The molecular weight excluding hydrogens is 391 g/mol. The fourth-order valence-electron chi connectivity index (χ4n) is 1.57. The zero-order chi connectivity index (χ0) is 14.5. The topological polar surface area (TPSA) is 41.1 Å². The van der Waals surface area contributed by atoms with Gasteiger partial charge in [0.25, 0.3) is 0 Å². The quantitative estimate of drug-likeness (QED) is 0.797. The van der Waals surface area contributed by atoms with E-state index < -0.39 is 0 Å². The minimum absolute atomic E-state index is 0.0450. The largest absolute Gasteiger partial charge is 0.375 e. The molecule has 0 saturated carbocycles. The minimum Gasteiger partial charge on any atom is -0.375 e. The summed E-state index contributed by atoms with van der Waals surface area (Å²) in [4.78, 5) is 11.8. The van der Waals surface area contributed by atoms with Gasteiger partial charge in [-0.3, -0.25) is 4.79 Å². The van der Waals surface area contributed by atoms with Gasteiger partial charge in [0.2, 0.25) is 5.91 Å². The van der Waals surface area contributed by atoms with E-state index in [1.807, 2.05) is 18.2 Å². The van der Waals surface area contributed by atoms with Crippen molar-refractivity contribution in [3.8, 4) is 0 Å². The van der Waals surface area contributed by atoms with E-state index in [1.54, 1.807) is 12.1 Å². The maximum absolute atomic E-state index is 13.1. The van der Waals surface area contributed by atoms with Crippen LogP contribution in [0.1, 0.15) is 0 Å². The molecule has 2 rings (SSSR count). The molecule has 0 aliphatic rings. The number of benzene rings is 2. The van der Waals surface area contributed by atoms with E-state index in [-0.39, 0.29) is 18.3 Å². The average Bonchev–Trinajstić information content (AvgIpc) is 2.42. The van der Waals surface area contributed by atoms with E-state index in [0.29, 0.717) is 15.8 Å². The van der Waals surface area contributed by atoms with Crippen molar-refractivity contribution >= 4 is 49.1 Å². The summed E-state index contributed by atoms with van der Waals surface area (Å²) in [7, 11) is 0. The van der Waals surface area contributed by atoms with E-state index in [0.717, 1.165) is 4.47 Å². The number of carbonyl (C=O) groups excluding carboxylic acids is 1. The van der Waals surface area contributed by atoms with E-state index in [1.165, 1.54) is 12.1 Å². The van der Waals surface area contributed by atoms with Crippen LogP contribution in [-0.4, -0.2) is 12.5 Å². The maximum Gasteiger partial charge on any atom is 0.243 e. The molecule has 0 bridgehead atoms. The maximum atomic E-state index is 13.1. The predicted molar refractivity (Wildman–Crippen MR) is 85.4 cm³/mol. The van der Waals surface area contributed by atoms with Gasteiger partial charge in [0.15, 0.2) is 0 Å². The molecule has 2 aromatic rings. The van der Waals surface area contributed by atoms with Crippen molar-refractivity contribution in [3.63, 3.8) is 0 Å². The summed E-state index contributed by atoms with van der Waals surface area (Å²) >= 11 is 6.64. The molecule has 0 aliphatic heterocycles. The van der Waals surface area contributed by atoms with Crippen molar-refractivity contribution in [1.29, 1.82) is 0 Å². The first-order chi connectivity index (χ1) is 9.56. The van der Waals surface area contributed by atoms with Crippen molar-refractivity contribution in [2.45, 2.75) is 0 Å². The molecule has 3 nitrogen and oxygen atoms in total. The lowest BCUT2D eigenvalue weighted by atomic mass is 10.3. The summed E-state index contributed by atoms with van der Waals surface area (Å²) in [5.41, 5.74) is 1.23. The number of para-hydroxylation sites is 1. The molecule has 1 amide bonds. The van der Waals surface area contributed by atoms with Crippen molar-refractivity contribution in [3.05, 3.63) is 57.2 Å². The average molecular weight is 402 g/mol. The van der Waals surface area contributed by atoms with Crippen molar-refractivity contribution in [1.82, 2.24) is 0 Å². The molecular formula is C14H11Br2FN2O. The molecule has 0 aromatic heterocycles. The van der Waals surface area contributed by atoms with E-state index in [4.69, 9.17) is 0 Å². The number of halogens is 3. The van der Waals surface area contributed by atoms with E-state index in [9.17, 15) is 9.18 Å². The Bertz CT molecular complexity index is 634. The summed E-state index contributed by atoms with van der Waals surface area (Å²) < 4.78 is 14.6. The zero-order valence-corrected chi connectivity index (χ0v) is 13.5. The smallest absolute Gasteiger partial charge is 0.243 e. The molecule has 2 aromatic carbocycles. The van der Waals surface area contributed by atoms with Crippen LogP contribution in [0.4, 0.5) is 15.8 Å². The second kappa shape index (κ2) is 6.85. The number of anilines is 2. The Morgan fingerprint density at radius 3 is 2.50 bits per heavy atom. The second-order valence-corrected chi connectivity index (χ2v) is 5.71. The summed E-state index contributed by atoms with van der Waals surface area (Å²) in [5, 5.41) is 5.64. The van der Waals surface area contributed by atoms with Crippen molar-refractivity contribution < 1.29 is 9.18 Å². The highest BCUT2D eigenvalue weighted by atomic mass is 79.9. The molecule has 0 unspecified atom stereocenters. The van der Waals surface area contributed by atoms with Gasteiger partial charge in [0, 0.05) is 8.95 Å². The molecule has 0 fully saturated rings. The third kappa shape index (κ3) is 4.05. The molecule has 0 heterocycles. The fraction of sp³-hybridized carbons (Fsp3) is 0.0714. The molecule has 2 N–H and O–H groups in total. The Kier molecular flexibility index (Phi) is 5.14. The van der Waals surface area contributed by atoms with Crippen LogP contribution in [0, 0.1) is 5.82 Å². The summed E-state index contributed by atoms with van der Waals surface area (Å²) in [6.07, 6.45) is 0. The normalized spacial score (nSPS) is 10.2. The third-order valence-corrected chi connectivity index (χ3v) is 3.90. The van der Waals surface area contributed by atoms with Gasteiger partial charge in [-0.2, -0.15) is 0 Å².